The fourth-order valence-electron chi connectivity index (χ4n) is 4.60. The minimum Gasteiger partial charge on any atom is -0.369 e. The van der Waals surface area contributed by atoms with Crippen molar-refractivity contribution < 1.29 is 31.4 Å². The van der Waals surface area contributed by atoms with Gasteiger partial charge < -0.3 is 5.11 Å². The second kappa shape index (κ2) is 10.2. The maximum absolute atomic E-state index is 13.9. The summed E-state index contributed by atoms with van der Waals surface area (Å²) in [6.07, 6.45) is -11.9. The SMILES string of the molecule is Cc1cccc(-c2ccc3nc(Cc4ccccc4)n(-c4ccc(C(O)(C(F)(F)F)C(F)(F)F)cc4)c(=O)c3c2)n1. The maximum Gasteiger partial charge on any atom is 0.430 e. The first-order chi connectivity index (χ1) is 19.3. The highest BCUT2D eigenvalue weighted by atomic mass is 19.4. The van der Waals surface area contributed by atoms with Gasteiger partial charge in [-0.1, -0.05) is 54.6 Å². The summed E-state index contributed by atoms with van der Waals surface area (Å²) >= 11 is 0. The molecule has 0 spiro atoms. The minimum atomic E-state index is -6.03. The number of rotatable bonds is 5. The molecule has 0 saturated carbocycles. The van der Waals surface area contributed by atoms with Gasteiger partial charge in [0, 0.05) is 23.2 Å². The second-order valence-corrected chi connectivity index (χ2v) is 9.48. The zero-order valence-corrected chi connectivity index (χ0v) is 21.3. The van der Waals surface area contributed by atoms with Gasteiger partial charge in [0.15, 0.2) is 0 Å². The van der Waals surface area contributed by atoms with E-state index in [-0.39, 0.29) is 23.3 Å². The van der Waals surface area contributed by atoms with Gasteiger partial charge in [0.2, 0.25) is 0 Å². The highest BCUT2D eigenvalue weighted by molar-refractivity contribution is 5.83. The maximum atomic E-state index is 13.9. The van der Waals surface area contributed by atoms with Crippen LogP contribution in [0.15, 0.2) is 95.8 Å². The van der Waals surface area contributed by atoms with E-state index >= 15 is 0 Å². The number of nitrogens with zero attached hydrogens (tertiary/aromatic N) is 3. The lowest BCUT2D eigenvalue weighted by atomic mass is 9.92. The Kier molecular flexibility index (Phi) is 6.94. The first kappa shape index (κ1) is 28.0. The normalized spacial score (nSPS) is 12.6. The van der Waals surface area contributed by atoms with Gasteiger partial charge in [-0.05, 0) is 48.9 Å². The monoisotopic (exact) mass is 569 g/mol. The summed E-state index contributed by atoms with van der Waals surface area (Å²) in [5, 5.41) is 9.96. The van der Waals surface area contributed by atoms with Gasteiger partial charge in [-0.15, -0.1) is 0 Å². The van der Waals surface area contributed by atoms with Crippen molar-refractivity contribution in [3.8, 4) is 16.9 Å². The van der Waals surface area contributed by atoms with Crippen molar-refractivity contribution >= 4 is 10.9 Å². The number of fused-ring (bicyclic) bond motifs is 1. The van der Waals surface area contributed by atoms with Gasteiger partial charge in [-0.3, -0.25) is 14.3 Å². The first-order valence-corrected chi connectivity index (χ1v) is 12.3. The molecule has 0 aliphatic heterocycles. The number of hydrogen-bond donors (Lipinski definition) is 1. The van der Waals surface area contributed by atoms with Gasteiger partial charge in [0.25, 0.3) is 11.2 Å². The Balaban J connectivity index is 1.70. The van der Waals surface area contributed by atoms with Crippen LogP contribution in [-0.4, -0.2) is 32.0 Å². The van der Waals surface area contributed by atoms with Crippen LogP contribution in [0.3, 0.4) is 0 Å². The lowest BCUT2D eigenvalue weighted by Crippen LogP contribution is -2.53. The van der Waals surface area contributed by atoms with Crippen LogP contribution in [0, 0.1) is 6.92 Å². The van der Waals surface area contributed by atoms with Crippen LogP contribution in [0.5, 0.6) is 0 Å². The Morgan fingerprint density at radius 2 is 1.44 bits per heavy atom. The van der Waals surface area contributed by atoms with Crippen LogP contribution in [0.2, 0.25) is 0 Å². The summed E-state index contributed by atoms with van der Waals surface area (Å²) in [5.74, 6) is 0.213. The molecule has 0 saturated heterocycles. The minimum absolute atomic E-state index is 0.0233. The summed E-state index contributed by atoms with van der Waals surface area (Å²) in [6, 6.07) is 22.2. The molecule has 0 radical (unpaired) electrons. The molecule has 5 rings (SSSR count). The van der Waals surface area contributed by atoms with E-state index in [1.54, 1.807) is 54.6 Å². The number of pyridine rings is 1. The van der Waals surface area contributed by atoms with Crippen LogP contribution in [0.1, 0.15) is 22.6 Å². The molecule has 0 amide bonds. The zero-order valence-electron chi connectivity index (χ0n) is 21.3. The smallest absolute Gasteiger partial charge is 0.369 e. The summed E-state index contributed by atoms with van der Waals surface area (Å²) < 4.78 is 81.6. The average Bonchev–Trinajstić information content (AvgIpc) is 2.92. The lowest BCUT2D eigenvalue weighted by molar-refractivity contribution is -0.376. The van der Waals surface area contributed by atoms with Crippen molar-refractivity contribution in [1.29, 1.82) is 0 Å². The highest BCUT2D eigenvalue weighted by Gasteiger charge is 2.71. The molecule has 5 nitrogen and oxygen atoms in total. The van der Waals surface area contributed by atoms with E-state index < -0.39 is 29.1 Å². The number of alkyl halides is 6. The van der Waals surface area contributed by atoms with Crippen molar-refractivity contribution in [2.45, 2.75) is 31.3 Å². The number of aliphatic hydroxyl groups is 1. The highest BCUT2D eigenvalue weighted by Crippen LogP contribution is 2.50. The van der Waals surface area contributed by atoms with Crippen LogP contribution >= 0.6 is 0 Å². The molecular weight excluding hydrogens is 548 g/mol. The van der Waals surface area contributed by atoms with Crippen LogP contribution in [0.4, 0.5) is 26.3 Å². The third-order valence-electron chi connectivity index (χ3n) is 6.69. The van der Waals surface area contributed by atoms with Crippen molar-refractivity contribution in [3.63, 3.8) is 0 Å². The van der Waals surface area contributed by atoms with Crippen LogP contribution in [-0.2, 0) is 12.0 Å². The number of benzene rings is 3. The fourth-order valence-corrected chi connectivity index (χ4v) is 4.60. The van der Waals surface area contributed by atoms with Gasteiger partial charge in [0.05, 0.1) is 22.3 Å². The van der Waals surface area contributed by atoms with E-state index in [0.29, 0.717) is 28.9 Å². The summed E-state index contributed by atoms with van der Waals surface area (Å²) in [6.45, 7) is 1.82. The Bertz CT molecular complexity index is 1770. The van der Waals surface area contributed by atoms with E-state index in [1.807, 2.05) is 19.1 Å². The topological polar surface area (TPSA) is 68.0 Å². The number of halogens is 6. The largest absolute Gasteiger partial charge is 0.430 e. The van der Waals surface area contributed by atoms with Crippen molar-refractivity contribution in [3.05, 3.63) is 124 Å². The fraction of sp³-hybridized carbons (Fsp3) is 0.167. The van der Waals surface area contributed by atoms with E-state index in [0.717, 1.165) is 28.0 Å². The molecule has 2 aromatic heterocycles. The Morgan fingerprint density at radius 3 is 2.05 bits per heavy atom. The lowest BCUT2D eigenvalue weighted by Gasteiger charge is -2.32. The van der Waals surface area contributed by atoms with E-state index in [9.17, 15) is 36.2 Å². The first-order valence-electron chi connectivity index (χ1n) is 12.3. The molecule has 0 fully saturated rings. The third kappa shape index (κ3) is 5.08. The molecule has 41 heavy (non-hydrogen) atoms. The molecule has 0 aliphatic carbocycles. The van der Waals surface area contributed by atoms with Crippen molar-refractivity contribution in [2.75, 3.05) is 0 Å². The quantitative estimate of drug-likeness (QED) is 0.241. The van der Waals surface area contributed by atoms with Gasteiger partial charge >= 0.3 is 12.4 Å². The molecule has 11 heteroatoms. The average molecular weight is 570 g/mol. The number of hydrogen-bond acceptors (Lipinski definition) is 4. The van der Waals surface area contributed by atoms with Gasteiger partial charge in [0.1, 0.15) is 5.82 Å². The predicted octanol–water partition coefficient (Wildman–Crippen LogP) is 6.66. The van der Waals surface area contributed by atoms with E-state index in [4.69, 9.17) is 0 Å². The predicted molar refractivity (Wildman–Crippen MR) is 141 cm³/mol. The van der Waals surface area contributed by atoms with Crippen LogP contribution < -0.4 is 5.56 Å². The third-order valence-corrected chi connectivity index (χ3v) is 6.69. The molecule has 0 atom stereocenters. The van der Waals surface area contributed by atoms with E-state index in [1.165, 1.54) is 0 Å². The number of aromatic nitrogens is 3. The Hall–Kier alpha value is -4.51. The Morgan fingerprint density at radius 1 is 0.780 bits per heavy atom. The molecule has 2 heterocycles. The Labute approximate surface area is 229 Å². The molecule has 210 valence electrons. The molecule has 5 aromatic rings. The van der Waals surface area contributed by atoms with Gasteiger partial charge in [-0.2, -0.15) is 26.3 Å². The zero-order chi connectivity index (χ0) is 29.6. The summed E-state index contributed by atoms with van der Waals surface area (Å²) in [5.41, 5.74) is -4.01. The second-order valence-electron chi connectivity index (χ2n) is 9.48. The molecule has 0 unspecified atom stereocenters. The van der Waals surface area contributed by atoms with Crippen LogP contribution in [0.25, 0.3) is 27.8 Å². The summed E-state index contributed by atoms with van der Waals surface area (Å²) in [7, 11) is 0. The van der Waals surface area contributed by atoms with Crippen molar-refractivity contribution in [1.82, 2.24) is 14.5 Å². The number of aryl methyl sites for hydroxylation is 1. The molecule has 0 aliphatic rings. The molecular formula is C30H21F6N3O2. The van der Waals surface area contributed by atoms with Gasteiger partial charge in [-0.25, -0.2) is 4.98 Å². The summed E-state index contributed by atoms with van der Waals surface area (Å²) in [4.78, 5) is 23.0. The molecule has 0 bridgehead atoms. The van der Waals surface area contributed by atoms with Crippen molar-refractivity contribution in [2.24, 2.45) is 0 Å². The standard InChI is InChI=1S/C30H21F6N3O2/c1-18-6-5-9-24(37-18)20-10-15-25-23(17-20)27(40)39(26(38-25)16-19-7-3-2-4-8-19)22-13-11-21(12-14-22)28(41,29(31,32)33)30(34,35)36/h2-15,17,41H,16H2,1H3. The van der Waals surface area contributed by atoms with E-state index in [2.05, 4.69) is 9.97 Å². The molecule has 1 N–H and O–H groups in total. The molecule has 3 aromatic carbocycles.